The second-order valence-electron chi connectivity index (χ2n) is 4.47. The Balaban J connectivity index is 0. The lowest BCUT2D eigenvalue weighted by molar-refractivity contribution is 1.09. The third kappa shape index (κ3) is 12.9. The monoisotopic (exact) mass is 260 g/mol. The summed E-state index contributed by atoms with van der Waals surface area (Å²) >= 11 is 0. The van der Waals surface area contributed by atoms with Crippen molar-refractivity contribution in [3.05, 3.63) is 48.5 Å². The standard InChI is InChI=1S/C10H8.3C3H8/c1-2-6-10-8-4-3-7-9(10)5-1;3*1-3-2/h1-8H;3*3H2,1-2H3. The van der Waals surface area contributed by atoms with Crippen molar-refractivity contribution in [2.75, 3.05) is 0 Å². The molecule has 0 spiro atoms. The molecule has 0 N–H and O–H groups in total. The van der Waals surface area contributed by atoms with E-state index in [1.54, 1.807) is 0 Å². The summed E-state index contributed by atoms with van der Waals surface area (Å²) < 4.78 is 0. The number of benzene rings is 2. The normalized spacial score (nSPS) is 8.11. The average Bonchev–Trinajstić information content (AvgIpc) is 2.42. The smallest absolute Gasteiger partial charge is 0.0184 e. The minimum absolute atomic E-state index is 1.25. The lowest BCUT2D eigenvalue weighted by atomic mass is 10.1. The highest BCUT2D eigenvalue weighted by Gasteiger charge is 1.85. The van der Waals surface area contributed by atoms with Crippen LogP contribution in [0.4, 0.5) is 0 Å². The quantitative estimate of drug-likeness (QED) is 0.474. The molecule has 0 heterocycles. The van der Waals surface area contributed by atoms with Gasteiger partial charge >= 0.3 is 0 Å². The first kappa shape index (κ1) is 20.0. The molecule has 0 radical (unpaired) electrons. The van der Waals surface area contributed by atoms with E-state index in [0.717, 1.165) is 0 Å². The molecule has 0 saturated carbocycles. The van der Waals surface area contributed by atoms with Gasteiger partial charge in [0.1, 0.15) is 0 Å². The predicted octanol–water partition coefficient (Wildman–Crippen LogP) is 7.09. The van der Waals surface area contributed by atoms with E-state index in [9.17, 15) is 0 Å². The van der Waals surface area contributed by atoms with Crippen molar-refractivity contribution >= 4 is 10.8 Å². The largest absolute Gasteiger partial charge is 0.0656 e. The van der Waals surface area contributed by atoms with Gasteiger partial charge in [-0.25, -0.2) is 0 Å². The highest BCUT2D eigenvalue weighted by atomic mass is 13.9. The van der Waals surface area contributed by atoms with Crippen LogP contribution in [0.5, 0.6) is 0 Å². The Hall–Kier alpha value is -1.30. The number of hydrogen-bond donors (Lipinski definition) is 0. The van der Waals surface area contributed by atoms with Crippen LogP contribution in [0.1, 0.15) is 60.8 Å². The van der Waals surface area contributed by atoms with Crippen LogP contribution in [-0.2, 0) is 0 Å². The van der Waals surface area contributed by atoms with E-state index >= 15 is 0 Å². The van der Waals surface area contributed by atoms with Gasteiger partial charge in [-0.2, -0.15) is 0 Å². The molecule has 0 unspecified atom stereocenters. The third-order valence-corrected chi connectivity index (χ3v) is 1.66. The molecule has 0 aliphatic heterocycles. The second kappa shape index (κ2) is 16.7. The molecule has 0 aliphatic carbocycles. The minimum Gasteiger partial charge on any atom is -0.0656 e. The Morgan fingerprint density at radius 2 is 0.632 bits per heavy atom. The van der Waals surface area contributed by atoms with E-state index in [4.69, 9.17) is 0 Å². The van der Waals surface area contributed by atoms with Crippen LogP contribution in [0.2, 0.25) is 0 Å². The van der Waals surface area contributed by atoms with Crippen LogP contribution in [0.3, 0.4) is 0 Å². The summed E-state index contributed by atoms with van der Waals surface area (Å²) in [5.41, 5.74) is 0. The summed E-state index contributed by atoms with van der Waals surface area (Å²) in [5, 5.41) is 2.62. The lowest BCUT2D eigenvalue weighted by Gasteiger charge is -1.92. The van der Waals surface area contributed by atoms with Gasteiger partial charge < -0.3 is 0 Å². The molecule has 2 aromatic carbocycles. The fourth-order valence-electron chi connectivity index (χ4n) is 1.13. The molecule has 108 valence electrons. The maximum absolute atomic E-state index is 2.12. The first-order valence-corrected chi connectivity index (χ1v) is 7.65. The van der Waals surface area contributed by atoms with Crippen molar-refractivity contribution < 1.29 is 0 Å². The van der Waals surface area contributed by atoms with Gasteiger partial charge in [0, 0.05) is 0 Å². The van der Waals surface area contributed by atoms with E-state index in [-0.39, 0.29) is 0 Å². The highest BCUT2D eigenvalue weighted by Crippen LogP contribution is 2.11. The summed E-state index contributed by atoms with van der Waals surface area (Å²) in [6.07, 6.45) is 3.75. The van der Waals surface area contributed by atoms with Crippen LogP contribution >= 0.6 is 0 Å². The van der Waals surface area contributed by atoms with E-state index in [2.05, 4.69) is 90.1 Å². The Labute approximate surface area is 120 Å². The number of rotatable bonds is 0. The van der Waals surface area contributed by atoms with E-state index in [0.29, 0.717) is 0 Å². The second-order valence-corrected chi connectivity index (χ2v) is 4.47. The van der Waals surface area contributed by atoms with Crippen molar-refractivity contribution in [1.29, 1.82) is 0 Å². The van der Waals surface area contributed by atoms with Crippen LogP contribution in [-0.4, -0.2) is 0 Å². The molecule has 0 bridgehead atoms. The molecule has 0 aromatic heterocycles. The van der Waals surface area contributed by atoms with Gasteiger partial charge in [0.05, 0.1) is 0 Å². The zero-order valence-electron chi connectivity index (χ0n) is 13.7. The van der Waals surface area contributed by atoms with E-state index in [1.807, 2.05) is 0 Å². The molecule has 2 aromatic rings. The van der Waals surface area contributed by atoms with Crippen LogP contribution in [0.15, 0.2) is 48.5 Å². The van der Waals surface area contributed by atoms with Crippen molar-refractivity contribution in [2.45, 2.75) is 60.8 Å². The van der Waals surface area contributed by atoms with Crippen molar-refractivity contribution in [1.82, 2.24) is 0 Å². The Morgan fingerprint density at radius 3 is 0.789 bits per heavy atom. The predicted molar refractivity (Wildman–Crippen MR) is 91.8 cm³/mol. The molecule has 0 amide bonds. The SMILES string of the molecule is CCC.CCC.CCC.c1ccc2ccccc2c1. The topological polar surface area (TPSA) is 0 Å². The van der Waals surface area contributed by atoms with Crippen molar-refractivity contribution in [3.63, 3.8) is 0 Å². The summed E-state index contributed by atoms with van der Waals surface area (Å²) in [6.45, 7) is 12.8. The summed E-state index contributed by atoms with van der Waals surface area (Å²) in [4.78, 5) is 0. The van der Waals surface area contributed by atoms with Gasteiger partial charge in [-0.05, 0) is 10.8 Å². The molecular weight excluding hydrogens is 228 g/mol. The third-order valence-electron chi connectivity index (χ3n) is 1.66. The van der Waals surface area contributed by atoms with Crippen molar-refractivity contribution in [3.8, 4) is 0 Å². The molecule has 0 heteroatoms. The maximum Gasteiger partial charge on any atom is -0.0184 e. The zero-order chi connectivity index (χ0) is 14.9. The van der Waals surface area contributed by atoms with E-state index in [1.165, 1.54) is 30.0 Å². The molecule has 0 fully saturated rings. The Bertz CT molecular complexity index is 306. The summed E-state index contributed by atoms with van der Waals surface area (Å²) in [5.74, 6) is 0. The molecule has 0 saturated heterocycles. The average molecular weight is 260 g/mol. The zero-order valence-corrected chi connectivity index (χ0v) is 13.7. The lowest BCUT2D eigenvalue weighted by Crippen LogP contribution is -1.67. The van der Waals surface area contributed by atoms with Gasteiger partial charge in [-0.15, -0.1) is 0 Å². The summed E-state index contributed by atoms with van der Waals surface area (Å²) in [7, 11) is 0. The molecule has 2 rings (SSSR count). The van der Waals surface area contributed by atoms with Gasteiger partial charge in [-0.1, -0.05) is 109 Å². The van der Waals surface area contributed by atoms with Gasteiger partial charge in [0.15, 0.2) is 0 Å². The fraction of sp³-hybridized carbons (Fsp3) is 0.474. The first-order chi connectivity index (χ1) is 9.21. The Morgan fingerprint density at radius 1 is 0.474 bits per heavy atom. The molecular formula is C19H32. The Kier molecular flexibility index (Phi) is 17.6. The van der Waals surface area contributed by atoms with Crippen molar-refractivity contribution in [2.24, 2.45) is 0 Å². The highest BCUT2D eigenvalue weighted by molar-refractivity contribution is 5.81. The molecule has 0 atom stereocenters. The van der Waals surface area contributed by atoms with Gasteiger partial charge in [0.25, 0.3) is 0 Å². The first-order valence-electron chi connectivity index (χ1n) is 7.65. The fourth-order valence-corrected chi connectivity index (χ4v) is 1.13. The van der Waals surface area contributed by atoms with Gasteiger partial charge in [0.2, 0.25) is 0 Å². The molecule has 19 heavy (non-hydrogen) atoms. The van der Waals surface area contributed by atoms with Crippen LogP contribution in [0, 0.1) is 0 Å². The maximum atomic E-state index is 2.12. The molecule has 0 aliphatic rings. The van der Waals surface area contributed by atoms with Crippen LogP contribution in [0.25, 0.3) is 10.8 Å². The van der Waals surface area contributed by atoms with E-state index < -0.39 is 0 Å². The summed E-state index contributed by atoms with van der Waals surface area (Å²) in [6, 6.07) is 16.7. The minimum atomic E-state index is 1.25. The van der Waals surface area contributed by atoms with Gasteiger partial charge in [-0.3, -0.25) is 0 Å². The number of fused-ring (bicyclic) bond motifs is 1. The van der Waals surface area contributed by atoms with Crippen LogP contribution < -0.4 is 0 Å². The molecule has 0 nitrogen and oxygen atoms in total. The number of hydrogen-bond acceptors (Lipinski definition) is 0.